The van der Waals surface area contributed by atoms with Gasteiger partial charge in [0.2, 0.25) is 0 Å². The van der Waals surface area contributed by atoms with Crippen LogP contribution in [0.15, 0.2) is 0 Å². The van der Waals surface area contributed by atoms with E-state index < -0.39 is 0 Å². The number of nitrogens with one attached hydrogen (secondary N) is 1. The molecule has 2 N–H and O–H groups in total. The minimum Gasteiger partial charge on any atom is -0.394 e. The zero-order chi connectivity index (χ0) is 11.4. The van der Waals surface area contributed by atoms with Crippen molar-refractivity contribution in [3.05, 3.63) is 0 Å². The molecule has 1 aliphatic carbocycles. The van der Waals surface area contributed by atoms with Gasteiger partial charge in [0.15, 0.2) is 0 Å². The van der Waals surface area contributed by atoms with Crippen molar-refractivity contribution in [2.75, 3.05) is 19.7 Å². The highest BCUT2D eigenvalue weighted by molar-refractivity contribution is 5.75. The van der Waals surface area contributed by atoms with Crippen molar-refractivity contribution in [3.8, 4) is 0 Å². The Morgan fingerprint density at radius 1 is 1.12 bits per heavy atom. The molecule has 2 aliphatic rings. The number of likely N-dealkylation sites (tertiary alicyclic amines) is 1. The zero-order valence-corrected chi connectivity index (χ0v) is 9.87. The number of nitrogens with zero attached hydrogens (tertiary/aromatic N) is 1. The van der Waals surface area contributed by atoms with Gasteiger partial charge in [-0.15, -0.1) is 0 Å². The molecule has 1 heterocycles. The first-order valence-corrected chi connectivity index (χ1v) is 6.44. The SMILES string of the molecule is O=C(NC1(CO)CCCCC1)N1CCCC1. The van der Waals surface area contributed by atoms with E-state index in [0.717, 1.165) is 51.6 Å². The maximum absolute atomic E-state index is 12.0. The van der Waals surface area contributed by atoms with Crippen molar-refractivity contribution in [1.29, 1.82) is 0 Å². The fourth-order valence-corrected chi connectivity index (χ4v) is 2.78. The highest BCUT2D eigenvalue weighted by Gasteiger charge is 2.34. The van der Waals surface area contributed by atoms with Gasteiger partial charge >= 0.3 is 6.03 Å². The molecule has 1 aliphatic heterocycles. The predicted octanol–water partition coefficient (Wildman–Crippen LogP) is 1.49. The van der Waals surface area contributed by atoms with Crippen LogP contribution in [0.4, 0.5) is 4.79 Å². The number of urea groups is 1. The molecule has 0 bridgehead atoms. The van der Waals surface area contributed by atoms with Crippen LogP contribution in [0.25, 0.3) is 0 Å². The molecule has 1 saturated heterocycles. The number of rotatable bonds is 2. The summed E-state index contributed by atoms with van der Waals surface area (Å²) < 4.78 is 0. The molecule has 0 spiro atoms. The van der Waals surface area contributed by atoms with Crippen LogP contribution in [0, 0.1) is 0 Å². The second kappa shape index (κ2) is 5.04. The van der Waals surface area contributed by atoms with Crippen LogP contribution >= 0.6 is 0 Å². The van der Waals surface area contributed by atoms with Gasteiger partial charge in [-0.2, -0.15) is 0 Å². The Morgan fingerprint density at radius 3 is 2.31 bits per heavy atom. The molecule has 0 atom stereocenters. The summed E-state index contributed by atoms with van der Waals surface area (Å²) in [6.45, 7) is 1.81. The Hall–Kier alpha value is -0.770. The van der Waals surface area contributed by atoms with E-state index >= 15 is 0 Å². The van der Waals surface area contributed by atoms with E-state index in [4.69, 9.17) is 0 Å². The van der Waals surface area contributed by atoms with Crippen LogP contribution in [-0.4, -0.2) is 41.3 Å². The van der Waals surface area contributed by atoms with E-state index in [1.54, 1.807) is 0 Å². The first-order chi connectivity index (χ1) is 7.76. The normalized spacial score (nSPS) is 24.4. The maximum atomic E-state index is 12.0. The topological polar surface area (TPSA) is 52.6 Å². The molecule has 16 heavy (non-hydrogen) atoms. The molecule has 4 nitrogen and oxygen atoms in total. The van der Waals surface area contributed by atoms with Crippen LogP contribution in [0.5, 0.6) is 0 Å². The van der Waals surface area contributed by atoms with Gasteiger partial charge in [0.05, 0.1) is 12.1 Å². The minimum atomic E-state index is -0.335. The van der Waals surface area contributed by atoms with Crippen LogP contribution in [0.3, 0.4) is 0 Å². The third-order valence-electron chi connectivity index (χ3n) is 3.88. The van der Waals surface area contributed by atoms with Crippen LogP contribution in [0.2, 0.25) is 0 Å². The van der Waals surface area contributed by atoms with Gasteiger partial charge in [0.1, 0.15) is 0 Å². The van der Waals surface area contributed by atoms with Crippen molar-refractivity contribution >= 4 is 6.03 Å². The van der Waals surface area contributed by atoms with E-state index in [-0.39, 0.29) is 18.2 Å². The lowest BCUT2D eigenvalue weighted by Crippen LogP contribution is -2.55. The van der Waals surface area contributed by atoms with Crippen LogP contribution in [0.1, 0.15) is 44.9 Å². The van der Waals surface area contributed by atoms with Crippen molar-refractivity contribution in [3.63, 3.8) is 0 Å². The van der Waals surface area contributed by atoms with Crippen molar-refractivity contribution in [2.24, 2.45) is 0 Å². The van der Waals surface area contributed by atoms with Gasteiger partial charge in [-0.05, 0) is 25.7 Å². The summed E-state index contributed by atoms with van der Waals surface area (Å²) in [4.78, 5) is 13.8. The van der Waals surface area contributed by atoms with Crippen LogP contribution in [-0.2, 0) is 0 Å². The van der Waals surface area contributed by atoms with Crippen molar-refractivity contribution in [2.45, 2.75) is 50.5 Å². The van der Waals surface area contributed by atoms with E-state index in [1.807, 2.05) is 4.90 Å². The molecule has 2 fully saturated rings. The zero-order valence-electron chi connectivity index (χ0n) is 9.87. The lowest BCUT2D eigenvalue weighted by atomic mass is 9.82. The predicted molar refractivity (Wildman–Crippen MR) is 62.2 cm³/mol. The summed E-state index contributed by atoms with van der Waals surface area (Å²) >= 11 is 0. The standard InChI is InChI=1S/C12H22N2O2/c15-10-12(6-2-1-3-7-12)13-11(16)14-8-4-5-9-14/h15H,1-10H2,(H,13,16). The quantitative estimate of drug-likeness (QED) is 0.749. The number of aliphatic hydroxyl groups excluding tert-OH is 1. The van der Waals surface area contributed by atoms with Gasteiger partial charge in [0, 0.05) is 13.1 Å². The molecule has 4 heteroatoms. The minimum absolute atomic E-state index is 0.0217. The second-order valence-electron chi connectivity index (χ2n) is 5.12. The molecule has 0 aromatic carbocycles. The maximum Gasteiger partial charge on any atom is 0.317 e. The molecule has 1 saturated carbocycles. The molecule has 2 amide bonds. The monoisotopic (exact) mass is 226 g/mol. The molecule has 0 radical (unpaired) electrons. The summed E-state index contributed by atoms with van der Waals surface area (Å²) in [5.41, 5.74) is -0.335. The third-order valence-corrected chi connectivity index (χ3v) is 3.88. The molecular weight excluding hydrogens is 204 g/mol. The molecule has 2 rings (SSSR count). The average molecular weight is 226 g/mol. The molecule has 0 aromatic rings. The molecular formula is C12H22N2O2. The van der Waals surface area contributed by atoms with Crippen molar-refractivity contribution in [1.82, 2.24) is 10.2 Å². The molecule has 0 aromatic heterocycles. The summed E-state index contributed by atoms with van der Waals surface area (Å²) in [6.07, 6.45) is 7.51. The molecule has 92 valence electrons. The number of hydrogen-bond donors (Lipinski definition) is 2. The number of carbonyl (C=O) groups excluding carboxylic acids is 1. The van der Waals surface area contributed by atoms with E-state index in [0.29, 0.717) is 0 Å². The fourth-order valence-electron chi connectivity index (χ4n) is 2.78. The van der Waals surface area contributed by atoms with Gasteiger partial charge in [0.25, 0.3) is 0 Å². The van der Waals surface area contributed by atoms with Gasteiger partial charge in [-0.1, -0.05) is 19.3 Å². The third kappa shape index (κ3) is 2.48. The smallest absolute Gasteiger partial charge is 0.317 e. The Bertz CT molecular complexity index is 243. The number of aliphatic hydroxyl groups is 1. The largest absolute Gasteiger partial charge is 0.394 e. The van der Waals surface area contributed by atoms with E-state index in [1.165, 1.54) is 6.42 Å². The first-order valence-electron chi connectivity index (χ1n) is 6.44. The summed E-state index contributed by atoms with van der Waals surface area (Å²) in [6, 6.07) is 0.0217. The lowest BCUT2D eigenvalue weighted by molar-refractivity contribution is 0.116. The average Bonchev–Trinajstić information content (AvgIpc) is 2.84. The second-order valence-corrected chi connectivity index (χ2v) is 5.12. The Balaban J connectivity index is 1.91. The molecule has 0 unspecified atom stereocenters. The van der Waals surface area contributed by atoms with E-state index in [9.17, 15) is 9.90 Å². The number of amides is 2. The highest BCUT2D eigenvalue weighted by atomic mass is 16.3. The Kier molecular flexibility index (Phi) is 3.69. The van der Waals surface area contributed by atoms with Crippen molar-refractivity contribution < 1.29 is 9.90 Å². The van der Waals surface area contributed by atoms with Gasteiger partial charge < -0.3 is 15.3 Å². The van der Waals surface area contributed by atoms with E-state index in [2.05, 4.69) is 5.32 Å². The van der Waals surface area contributed by atoms with Gasteiger partial charge in [-0.25, -0.2) is 4.79 Å². The number of hydrogen-bond acceptors (Lipinski definition) is 2. The van der Waals surface area contributed by atoms with Gasteiger partial charge in [-0.3, -0.25) is 0 Å². The Labute approximate surface area is 97.0 Å². The fraction of sp³-hybridized carbons (Fsp3) is 0.917. The van der Waals surface area contributed by atoms with Crippen LogP contribution < -0.4 is 5.32 Å². The summed E-state index contributed by atoms with van der Waals surface area (Å²) in [5.74, 6) is 0. The highest BCUT2D eigenvalue weighted by Crippen LogP contribution is 2.28. The lowest BCUT2D eigenvalue weighted by Gasteiger charge is -2.37. The number of carbonyl (C=O) groups is 1. The summed E-state index contributed by atoms with van der Waals surface area (Å²) in [7, 11) is 0. The first kappa shape index (κ1) is 11.7. The summed E-state index contributed by atoms with van der Waals surface area (Å²) in [5, 5.41) is 12.6. The Morgan fingerprint density at radius 2 is 1.75 bits per heavy atom.